The molecule has 3 aromatic rings. The van der Waals surface area contributed by atoms with Gasteiger partial charge in [0.2, 0.25) is 0 Å². The highest BCUT2D eigenvalue weighted by molar-refractivity contribution is 5.80. The first kappa shape index (κ1) is 24.3. The van der Waals surface area contributed by atoms with Gasteiger partial charge in [0.25, 0.3) is 5.56 Å². The van der Waals surface area contributed by atoms with Gasteiger partial charge in [-0.05, 0) is 24.1 Å². The number of benzene rings is 1. The number of piperazine rings is 1. The maximum atomic E-state index is 13.6. The molecule has 3 heterocycles. The summed E-state index contributed by atoms with van der Waals surface area (Å²) < 4.78 is 7.44. The van der Waals surface area contributed by atoms with E-state index in [4.69, 9.17) is 9.72 Å². The predicted molar refractivity (Wildman–Crippen MR) is 132 cm³/mol. The summed E-state index contributed by atoms with van der Waals surface area (Å²) in [6.45, 7) is 7.21. The van der Waals surface area contributed by atoms with Crippen LogP contribution in [0, 0.1) is 0 Å². The number of fused-ring (bicyclic) bond motifs is 1. The lowest BCUT2D eigenvalue weighted by atomic mass is 10.1. The van der Waals surface area contributed by atoms with Crippen molar-refractivity contribution in [2.45, 2.75) is 26.5 Å². The van der Waals surface area contributed by atoms with Gasteiger partial charge in [0.15, 0.2) is 5.82 Å². The van der Waals surface area contributed by atoms with Crippen molar-refractivity contribution in [1.82, 2.24) is 19.4 Å². The first-order valence-corrected chi connectivity index (χ1v) is 11.9. The fraction of sp³-hybridized carbons (Fsp3) is 0.480. The number of anilines is 1. The third kappa shape index (κ3) is 5.44. The summed E-state index contributed by atoms with van der Waals surface area (Å²) in [6.07, 6.45) is 2.63. The highest BCUT2D eigenvalue weighted by atomic mass is 16.5. The molecule has 0 bridgehead atoms. The second-order valence-electron chi connectivity index (χ2n) is 8.47. The second kappa shape index (κ2) is 11.5. The lowest BCUT2D eigenvalue weighted by molar-refractivity contribution is 0.127. The zero-order valence-electron chi connectivity index (χ0n) is 19.7. The van der Waals surface area contributed by atoms with Gasteiger partial charge in [0.1, 0.15) is 5.52 Å². The number of β-amino-alcohol motifs (C(OH)–C–C–N with tert-alkyl or cyclic N) is 1. The Morgan fingerprint density at radius 3 is 2.62 bits per heavy atom. The fourth-order valence-corrected chi connectivity index (χ4v) is 4.27. The lowest BCUT2D eigenvalue weighted by Gasteiger charge is -2.34. The summed E-state index contributed by atoms with van der Waals surface area (Å²) >= 11 is 0. The third-order valence-corrected chi connectivity index (χ3v) is 6.12. The van der Waals surface area contributed by atoms with Crippen molar-refractivity contribution in [2.24, 2.45) is 0 Å². The minimum absolute atomic E-state index is 0.0443. The Morgan fingerprint density at radius 2 is 1.88 bits per heavy atom. The average Bonchev–Trinajstić information content (AvgIpc) is 2.88. The van der Waals surface area contributed by atoms with Gasteiger partial charge in [-0.2, -0.15) is 0 Å². The Balaban J connectivity index is 1.72. The number of ether oxygens (including phenoxy) is 1. The molecule has 182 valence electrons. The van der Waals surface area contributed by atoms with Crippen molar-refractivity contribution in [1.29, 1.82) is 0 Å². The van der Waals surface area contributed by atoms with Crippen LogP contribution in [0.5, 0.6) is 0 Å². The van der Waals surface area contributed by atoms with Gasteiger partial charge in [-0.15, -0.1) is 0 Å². The molecule has 0 radical (unpaired) electrons. The first-order valence-electron chi connectivity index (χ1n) is 11.9. The Hall–Kier alpha value is -2.85. The van der Waals surface area contributed by atoms with Crippen molar-refractivity contribution in [3.63, 3.8) is 0 Å². The summed E-state index contributed by atoms with van der Waals surface area (Å²) in [5.74, 6) is 0.434. The molecule has 2 N–H and O–H groups in total. The molecule has 0 atom stereocenters. The fourth-order valence-electron chi connectivity index (χ4n) is 4.27. The zero-order valence-corrected chi connectivity index (χ0v) is 19.7. The predicted octanol–water partition coefficient (Wildman–Crippen LogP) is 1.49. The molecular weight excluding hydrogens is 434 g/mol. The molecule has 0 spiro atoms. The van der Waals surface area contributed by atoms with Crippen molar-refractivity contribution in [3.05, 3.63) is 52.4 Å². The Morgan fingerprint density at radius 1 is 1.06 bits per heavy atom. The van der Waals surface area contributed by atoms with E-state index in [9.17, 15) is 15.0 Å². The van der Waals surface area contributed by atoms with E-state index in [2.05, 4.69) is 16.8 Å². The minimum atomic E-state index is -0.135. The van der Waals surface area contributed by atoms with Gasteiger partial charge in [-0.3, -0.25) is 14.7 Å². The van der Waals surface area contributed by atoms with E-state index in [0.717, 1.165) is 36.3 Å². The standard InChI is InChI=1S/C25H33N5O4/c1-2-13-34-14-11-30-23-16-21(20-5-3-4-19(15-20)18-32)26-17-22(23)27-24(25(30)33)29-8-6-28(7-9-29)10-12-31/h3-5,15-17,31-32H,2,6-14,18H2,1H3. The second-order valence-corrected chi connectivity index (χ2v) is 8.47. The molecule has 0 saturated carbocycles. The van der Waals surface area contributed by atoms with Crippen LogP contribution in [0.4, 0.5) is 5.82 Å². The smallest absolute Gasteiger partial charge is 0.294 e. The largest absolute Gasteiger partial charge is 0.395 e. The van der Waals surface area contributed by atoms with Crippen LogP contribution in [0.25, 0.3) is 22.3 Å². The Labute approximate surface area is 199 Å². The van der Waals surface area contributed by atoms with Crippen molar-refractivity contribution >= 4 is 16.9 Å². The molecule has 1 saturated heterocycles. The van der Waals surface area contributed by atoms with E-state index in [1.54, 1.807) is 10.8 Å². The number of rotatable bonds is 10. The Bertz CT molecular complexity index is 1160. The molecule has 34 heavy (non-hydrogen) atoms. The monoisotopic (exact) mass is 467 g/mol. The maximum absolute atomic E-state index is 13.6. The van der Waals surface area contributed by atoms with E-state index in [1.165, 1.54) is 0 Å². The number of aliphatic hydroxyl groups excluding tert-OH is 2. The molecule has 9 heteroatoms. The molecule has 0 amide bonds. The zero-order chi connectivity index (χ0) is 23.9. The van der Waals surface area contributed by atoms with Crippen molar-refractivity contribution in [3.8, 4) is 11.3 Å². The van der Waals surface area contributed by atoms with E-state index < -0.39 is 0 Å². The van der Waals surface area contributed by atoms with Crippen LogP contribution < -0.4 is 10.5 Å². The molecule has 9 nitrogen and oxygen atoms in total. The van der Waals surface area contributed by atoms with Gasteiger partial charge in [0, 0.05) is 51.4 Å². The van der Waals surface area contributed by atoms with Crippen LogP contribution in [0.3, 0.4) is 0 Å². The van der Waals surface area contributed by atoms with Crippen LogP contribution in [-0.2, 0) is 17.9 Å². The summed E-state index contributed by atoms with van der Waals surface area (Å²) in [5, 5.41) is 18.7. The number of nitrogens with zero attached hydrogens (tertiary/aromatic N) is 5. The van der Waals surface area contributed by atoms with Crippen LogP contribution in [0.1, 0.15) is 18.9 Å². The van der Waals surface area contributed by atoms with Gasteiger partial charge in [-0.1, -0.05) is 25.1 Å². The van der Waals surface area contributed by atoms with Crippen LogP contribution >= 0.6 is 0 Å². The summed E-state index contributed by atoms with van der Waals surface area (Å²) in [4.78, 5) is 27.1. The number of aliphatic hydroxyl groups is 2. The molecule has 2 aromatic heterocycles. The number of pyridine rings is 1. The maximum Gasteiger partial charge on any atom is 0.294 e. The van der Waals surface area contributed by atoms with E-state index in [1.807, 2.05) is 35.2 Å². The number of hydrogen-bond donors (Lipinski definition) is 2. The molecule has 0 unspecified atom stereocenters. The summed E-state index contributed by atoms with van der Waals surface area (Å²) in [6, 6.07) is 9.47. The number of aromatic nitrogens is 3. The molecule has 1 fully saturated rings. The van der Waals surface area contributed by atoms with Gasteiger partial charge in [-0.25, -0.2) is 4.98 Å². The van der Waals surface area contributed by atoms with E-state index in [-0.39, 0.29) is 18.8 Å². The lowest BCUT2D eigenvalue weighted by Crippen LogP contribution is -2.49. The molecule has 1 aliphatic heterocycles. The van der Waals surface area contributed by atoms with Crippen LogP contribution in [0.15, 0.2) is 41.3 Å². The quantitative estimate of drug-likeness (QED) is 0.432. The van der Waals surface area contributed by atoms with E-state index in [0.29, 0.717) is 56.2 Å². The SMILES string of the molecule is CCCOCCn1c(=O)c(N2CCN(CCO)CC2)nc2cnc(-c3cccc(CO)c3)cc21. The number of hydrogen-bond acceptors (Lipinski definition) is 8. The molecule has 4 rings (SSSR count). The Kier molecular flexibility index (Phi) is 8.23. The molecule has 1 aliphatic rings. The summed E-state index contributed by atoms with van der Waals surface area (Å²) in [7, 11) is 0. The molecular formula is C25H33N5O4. The molecule has 0 aliphatic carbocycles. The first-order chi connectivity index (χ1) is 16.6. The summed E-state index contributed by atoms with van der Waals surface area (Å²) in [5.41, 5.74) is 3.64. The topological polar surface area (TPSA) is 104 Å². The van der Waals surface area contributed by atoms with E-state index >= 15 is 0 Å². The van der Waals surface area contributed by atoms with Crippen LogP contribution in [-0.4, -0.2) is 82.2 Å². The van der Waals surface area contributed by atoms with Crippen molar-refractivity contribution in [2.75, 3.05) is 57.4 Å². The highest BCUT2D eigenvalue weighted by Gasteiger charge is 2.22. The van der Waals surface area contributed by atoms with Crippen LogP contribution in [0.2, 0.25) is 0 Å². The van der Waals surface area contributed by atoms with Gasteiger partial charge in [0.05, 0.1) is 37.2 Å². The third-order valence-electron chi connectivity index (χ3n) is 6.12. The minimum Gasteiger partial charge on any atom is -0.395 e. The molecule has 1 aromatic carbocycles. The normalized spacial score (nSPS) is 14.7. The van der Waals surface area contributed by atoms with Crippen molar-refractivity contribution < 1.29 is 14.9 Å². The van der Waals surface area contributed by atoms with Gasteiger partial charge >= 0.3 is 0 Å². The highest BCUT2D eigenvalue weighted by Crippen LogP contribution is 2.23. The van der Waals surface area contributed by atoms with Gasteiger partial charge < -0.3 is 24.4 Å². The average molecular weight is 468 g/mol.